The maximum atomic E-state index is 13.0. The third-order valence-electron chi connectivity index (χ3n) is 6.61. The molecule has 1 saturated carbocycles. The zero-order valence-corrected chi connectivity index (χ0v) is 15.2. The van der Waals surface area contributed by atoms with Gasteiger partial charge in [0.15, 0.2) is 11.5 Å². The molecular weight excluding hydrogens is 326 g/mol. The molecule has 6 rings (SSSR count). The van der Waals surface area contributed by atoms with Crippen LogP contribution in [0.4, 0.5) is 0 Å². The van der Waals surface area contributed by atoms with E-state index in [1.807, 2.05) is 18.2 Å². The lowest BCUT2D eigenvalue weighted by Gasteiger charge is -2.44. The van der Waals surface area contributed by atoms with E-state index in [1.54, 1.807) is 0 Å². The van der Waals surface area contributed by atoms with Crippen LogP contribution in [0.2, 0.25) is 0 Å². The molecule has 4 heterocycles. The first kappa shape index (κ1) is 16.3. The van der Waals surface area contributed by atoms with Crippen molar-refractivity contribution < 1.29 is 9.21 Å². The van der Waals surface area contributed by atoms with Crippen LogP contribution in [-0.4, -0.2) is 41.5 Å². The number of oxazole rings is 1. The Morgan fingerprint density at radius 3 is 2.65 bits per heavy atom. The lowest BCUT2D eigenvalue weighted by molar-refractivity contribution is 0.0621. The van der Waals surface area contributed by atoms with Crippen LogP contribution in [0.15, 0.2) is 22.6 Å². The van der Waals surface area contributed by atoms with Crippen LogP contribution >= 0.6 is 0 Å². The number of para-hydroxylation sites is 1. The summed E-state index contributed by atoms with van der Waals surface area (Å²) in [5.74, 6) is 1.85. The van der Waals surface area contributed by atoms with E-state index >= 15 is 0 Å². The second-order valence-corrected chi connectivity index (χ2v) is 8.26. The van der Waals surface area contributed by atoms with Crippen LogP contribution < -0.4 is 5.32 Å². The van der Waals surface area contributed by atoms with Crippen LogP contribution in [0.3, 0.4) is 0 Å². The van der Waals surface area contributed by atoms with Gasteiger partial charge in [-0.05, 0) is 56.8 Å². The lowest BCUT2D eigenvalue weighted by Crippen LogP contribution is -2.57. The summed E-state index contributed by atoms with van der Waals surface area (Å²) in [6, 6.07) is 5.99. The van der Waals surface area contributed by atoms with E-state index < -0.39 is 0 Å². The zero-order chi connectivity index (χ0) is 17.5. The number of nitrogens with one attached hydrogen (secondary N) is 1. The van der Waals surface area contributed by atoms with Crippen LogP contribution in [-0.2, 0) is 0 Å². The summed E-state index contributed by atoms with van der Waals surface area (Å²) in [6.07, 6.45) is 8.49. The minimum atomic E-state index is -0.00200. The van der Waals surface area contributed by atoms with Crippen LogP contribution in [0.1, 0.15) is 67.1 Å². The van der Waals surface area contributed by atoms with Crippen LogP contribution in [0, 0.1) is 5.92 Å². The van der Waals surface area contributed by atoms with E-state index in [1.165, 1.54) is 45.2 Å². The molecule has 3 aliphatic heterocycles. The predicted octanol–water partition coefficient (Wildman–Crippen LogP) is 3.70. The molecule has 5 heteroatoms. The Hall–Kier alpha value is -1.88. The molecule has 1 unspecified atom stereocenters. The predicted molar refractivity (Wildman–Crippen MR) is 100 cm³/mol. The monoisotopic (exact) mass is 353 g/mol. The Labute approximate surface area is 154 Å². The van der Waals surface area contributed by atoms with Gasteiger partial charge in [-0.1, -0.05) is 25.3 Å². The number of carbonyl (C=O) groups excluding carboxylic acids is 1. The Morgan fingerprint density at radius 2 is 1.92 bits per heavy atom. The van der Waals surface area contributed by atoms with Crippen molar-refractivity contribution >= 4 is 17.0 Å². The summed E-state index contributed by atoms with van der Waals surface area (Å²) < 4.78 is 6.04. The second-order valence-electron chi connectivity index (χ2n) is 8.26. The van der Waals surface area contributed by atoms with E-state index in [0.29, 0.717) is 17.4 Å². The average Bonchev–Trinajstić information content (AvgIpc) is 3.14. The smallest absolute Gasteiger partial charge is 0.253 e. The summed E-state index contributed by atoms with van der Waals surface area (Å²) in [7, 11) is 0. The van der Waals surface area contributed by atoms with Gasteiger partial charge in [0.1, 0.15) is 5.52 Å². The quantitative estimate of drug-likeness (QED) is 0.914. The van der Waals surface area contributed by atoms with Crippen molar-refractivity contribution in [1.29, 1.82) is 0 Å². The van der Waals surface area contributed by atoms with Crippen molar-refractivity contribution in [2.45, 2.75) is 56.9 Å². The number of hydrogen-bond donors (Lipinski definition) is 1. The third kappa shape index (κ3) is 2.92. The molecule has 3 saturated heterocycles. The Balaban J connectivity index is 1.39. The summed E-state index contributed by atoms with van der Waals surface area (Å²) in [5, 5.41) is 3.29. The number of nitrogens with zero attached hydrogens (tertiary/aromatic N) is 2. The molecule has 2 aromatic rings. The standard InChI is InChI=1S/C21H27N3O2/c25-20(22-17-13-24-11-9-14(17)10-12-24)16-7-4-8-18-19(16)23-21(26-18)15-5-2-1-3-6-15/h4,7-8,14-15,17H,1-3,5-6,9-13H2,(H,22,25). The molecule has 2 bridgehead atoms. The first-order chi connectivity index (χ1) is 12.8. The number of benzene rings is 1. The SMILES string of the molecule is O=C(NC1CN2CCC1CC2)c1cccc2oc(C3CCCCC3)nc12. The molecule has 1 aliphatic carbocycles. The van der Waals surface area contributed by atoms with Crippen molar-refractivity contribution in [2.24, 2.45) is 5.92 Å². The summed E-state index contributed by atoms with van der Waals surface area (Å²) >= 11 is 0. The lowest BCUT2D eigenvalue weighted by atomic mass is 9.84. The molecule has 0 radical (unpaired) electrons. The van der Waals surface area contributed by atoms with Gasteiger partial charge in [0.2, 0.25) is 0 Å². The Morgan fingerprint density at radius 1 is 1.12 bits per heavy atom. The number of piperidine rings is 3. The Kier molecular flexibility index (Phi) is 4.20. The van der Waals surface area contributed by atoms with Gasteiger partial charge in [0, 0.05) is 18.5 Å². The topological polar surface area (TPSA) is 58.4 Å². The van der Waals surface area contributed by atoms with Crippen molar-refractivity contribution in [3.05, 3.63) is 29.7 Å². The maximum absolute atomic E-state index is 13.0. The van der Waals surface area contributed by atoms with Gasteiger partial charge in [-0.25, -0.2) is 4.98 Å². The molecule has 1 aromatic heterocycles. The van der Waals surface area contributed by atoms with E-state index in [4.69, 9.17) is 9.40 Å². The second kappa shape index (κ2) is 6.69. The molecule has 5 nitrogen and oxygen atoms in total. The van der Waals surface area contributed by atoms with Gasteiger partial charge in [-0.2, -0.15) is 0 Å². The van der Waals surface area contributed by atoms with Crippen molar-refractivity contribution in [3.8, 4) is 0 Å². The fourth-order valence-corrected chi connectivity index (χ4v) is 5.05. The maximum Gasteiger partial charge on any atom is 0.253 e. The highest BCUT2D eigenvalue weighted by molar-refractivity contribution is 6.04. The van der Waals surface area contributed by atoms with Crippen molar-refractivity contribution in [2.75, 3.05) is 19.6 Å². The number of hydrogen-bond acceptors (Lipinski definition) is 4. The number of amides is 1. The van der Waals surface area contributed by atoms with Crippen molar-refractivity contribution in [1.82, 2.24) is 15.2 Å². The molecule has 0 spiro atoms. The van der Waals surface area contributed by atoms with Gasteiger partial charge in [0.25, 0.3) is 5.91 Å². The van der Waals surface area contributed by atoms with Gasteiger partial charge in [-0.15, -0.1) is 0 Å². The molecule has 26 heavy (non-hydrogen) atoms. The minimum absolute atomic E-state index is 0.00200. The first-order valence-corrected chi connectivity index (χ1v) is 10.2. The number of carbonyl (C=O) groups is 1. The molecule has 1 atom stereocenters. The molecule has 1 amide bonds. The van der Waals surface area contributed by atoms with E-state index in [0.717, 1.165) is 36.4 Å². The fraction of sp³-hybridized carbons (Fsp3) is 0.619. The summed E-state index contributed by atoms with van der Waals surface area (Å²) in [6.45, 7) is 3.35. The highest BCUT2D eigenvalue weighted by atomic mass is 16.3. The molecule has 4 aliphatic rings. The van der Waals surface area contributed by atoms with E-state index in [9.17, 15) is 4.79 Å². The van der Waals surface area contributed by atoms with Crippen LogP contribution in [0.5, 0.6) is 0 Å². The highest BCUT2D eigenvalue weighted by Gasteiger charge is 2.35. The molecule has 1 aromatic carbocycles. The highest BCUT2D eigenvalue weighted by Crippen LogP contribution is 2.34. The zero-order valence-electron chi connectivity index (χ0n) is 15.2. The number of rotatable bonds is 3. The van der Waals surface area contributed by atoms with Gasteiger partial charge >= 0.3 is 0 Å². The Bertz CT molecular complexity index is 801. The third-order valence-corrected chi connectivity index (χ3v) is 6.61. The van der Waals surface area contributed by atoms with E-state index in [2.05, 4.69) is 10.2 Å². The normalized spacial score (nSPS) is 29.2. The number of fused-ring (bicyclic) bond motifs is 4. The van der Waals surface area contributed by atoms with Gasteiger partial charge < -0.3 is 14.6 Å². The van der Waals surface area contributed by atoms with Gasteiger partial charge in [0.05, 0.1) is 5.56 Å². The van der Waals surface area contributed by atoms with Crippen molar-refractivity contribution in [3.63, 3.8) is 0 Å². The molecule has 4 fully saturated rings. The van der Waals surface area contributed by atoms with Gasteiger partial charge in [-0.3, -0.25) is 4.79 Å². The van der Waals surface area contributed by atoms with Crippen LogP contribution in [0.25, 0.3) is 11.1 Å². The average molecular weight is 353 g/mol. The van der Waals surface area contributed by atoms with E-state index in [-0.39, 0.29) is 11.9 Å². The summed E-state index contributed by atoms with van der Waals surface area (Å²) in [4.78, 5) is 20.2. The summed E-state index contributed by atoms with van der Waals surface area (Å²) in [5.41, 5.74) is 2.13. The molecular formula is C21H27N3O2. The number of aromatic nitrogens is 1. The largest absolute Gasteiger partial charge is 0.440 e. The fourth-order valence-electron chi connectivity index (χ4n) is 5.05. The first-order valence-electron chi connectivity index (χ1n) is 10.2. The minimum Gasteiger partial charge on any atom is -0.440 e. The molecule has 1 N–H and O–H groups in total. The molecule has 138 valence electrons.